The number of nitrogens with two attached hydrogens (primary N) is 1. The predicted molar refractivity (Wildman–Crippen MR) is 103 cm³/mol. The number of carbonyl (C=O) groups excluding carboxylic acids is 2. The summed E-state index contributed by atoms with van der Waals surface area (Å²) in [6, 6.07) is 6.34. The Labute approximate surface area is 159 Å². The van der Waals surface area contributed by atoms with Crippen LogP contribution in [-0.4, -0.2) is 46.8 Å². The van der Waals surface area contributed by atoms with E-state index in [2.05, 4.69) is 23.3 Å². The first-order chi connectivity index (χ1) is 12.3. The van der Waals surface area contributed by atoms with Gasteiger partial charge in [-0.15, -0.1) is 0 Å². The van der Waals surface area contributed by atoms with Gasteiger partial charge in [-0.2, -0.15) is 12.6 Å². The van der Waals surface area contributed by atoms with Crippen molar-refractivity contribution in [3.8, 4) is 0 Å². The minimum Gasteiger partial charge on any atom is -0.480 e. The van der Waals surface area contributed by atoms with Gasteiger partial charge >= 0.3 is 5.97 Å². The van der Waals surface area contributed by atoms with Gasteiger partial charge in [-0.1, -0.05) is 50.6 Å². The smallest absolute Gasteiger partial charge is 0.326 e. The third kappa shape index (κ3) is 6.68. The molecule has 8 heteroatoms. The van der Waals surface area contributed by atoms with Crippen LogP contribution >= 0.6 is 12.6 Å². The zero-order valence-corrected chi connectivity index (χ0v) is 15.9. The molecule has 0 aliphatic rings. The number of benzene rings is 1. The maximum Gasteiger partial charge on any atom is 0.326 e. The van der Waals surface area contributed by atoms with Crippen molar-refractivity contribution in [2.24, 2.45) is 11.7 Å². The lowest BCUT2D eigenvalue weighted by molar-refractivity contribution is -0.143. The first-order valence-corrected chi connectivity index (χ1v) is 9.17. The number of thiol groups is 1. The summed E-state index contributed by atoms with van der Waals surface area (Å²) < 4.78 is 0. The SMILES string of the molecule is CC[C@H](C)[C@H](NC(=O)[C@H](Cc1ccccc1)NC(=O)[C@@H](N)CS)C(=O)O. The fraction of sp³-hybridized carbons (Fsp3) is 0.500. The second-order valence-electron chi connectivity index (χ2n) is 6.25. The van der Waals surface area contributed by atoms with Crippen LogP contribution < -0.4 is 16.4 Å². The van der Waals surface area contributed by atoms with Crippen molar-refractivity contribution in [2.45, 2.75) is 44.8 Å². The topological polar surface area (TPSA) is 122 Å². The second-order valence-corrected chi connectivity index (χ2v) is 6.62. The lowest BCUT2D eigenvalue weighted by Gasteiger charge is -2.25. The van der Waals surface area contributed by atoms with Gasteiger partial charge in [0.15, 0.2) is 0 Å². The van der Waals surface area contributed by atoms with Crippen molar-refractivity contribution in [2.75, 3.05) is 5.75 Å². The number of aliphatic carboxylic acids is 1. The summed E-state index contributed by atoms with van der Waals surface area (Å²) in [5.74, 6) is -2.28. The molecule has 0 radical (unpaired) electrons. The standard InChI is InChI=1S/C18H27N3O4S/c1-3-11(2)15(18(24)25)21-17(23)14(20-16(22)13(19)10-26)9-12-7-5-4-6-8-12/h4-8,11,13-15,26H,3,9-10,19H2,1-2H3,(H,20,22)(H,21,23)(H,24,25)/t11-,13-,14-,15-/m0/s1. The first-order valence-electron chi connectivity index (χ1n) is 8.54. The molecule has 26 heavy (non-hydrogen) atoms. The molecule has 0 aliphatic heterocycles. The molecule has 0 heterocycles. The molecule has 7 nitrogen and oxygen atoms in total. The summed E-state index contributed by atoms with van der Waals surface area (Å²) in [5.41, 5.74) is 6.50. The summed E-state index contributed by atoms with van der Waals surface area (Å²) >= 11 is 3.99. The van der Waals surface area contributed by atoms with E-state index in [9.17, 15) is 19.5 Å². The summed E-state index contributed by atoms with van der Waals surface area (Å²) in [6.07, 6.45) is 0.821. The van der Waals surface area contributed by atoms with Crippen LogP contribution in [0.25, 0.3) is 0 Å². The average Bonchev–Trinajstić information content (AvgIpc) is 2.64. The normalized spacial score (nSPS) is 15.4. The predicted octanol–water partition coefficient (Wildman–Crippen LogP) is 0.587. The molecular formula is C18H27N3O4S. The largest absolute Gasteiger partial charge is 0.480 e. The van der Waals surface area contributed by atoms with Crippen LogP contribution in [0.5, 0.6) is 0 Å². The van der Waals surface area contributed by atoms with Crippen LogP contribution in [0, 0.1) is 5.92 Å². The summed E-state index contributed by atoms with van der Waals surface area (Å²) in [7, 11) is 0. The molecule has 1 rings (SSSR count). The van der Waals surface area contributed by atoms with E-state index in [-0.39, 0.29) is 18.1 Å². The number of hydrogen-bond acceptors (Lipinski definition) is 5. The van der Waals surface area contributed by atoms with E-state index in [4.69, 9.17) is 5.73 Å². The van der Waals surface area contributed by atoms with E-state index in [0.29, 0.717) is 6.42 Å². The minimum absolute atomic E-state index is 0.135. The van der Waals surface area contributed by atoms with E-state index in [0.717, 1.165) is 5.56 Å². The highest BCUT2D eigenvalue weighted by molar-refractivity contribution is 7.80. The van der Waals surface area contributed by atoms with E-state index in [1.165, 1.54) is 0 Å². The van der Waals surface area contributed by atoms with Gasteiger partial charge < -0.3 is 21.5 Å². The zero-order valence-electron chi connectivity index (χ0n) is 15.0. The Morgan fingerprint density at radius 2 is 1.77 bits per heavy atom. The van der Waals surface area contributed by atoms with Gasteiger partial charge in [0.1, 0.15) is 12.1 Å². The molecule has 0 saturated carbocycles. The molecule has 4 atom stereocenters. The minimum atomic E-state index is -1.11. The average molecular weight is 381 g/mol. The molecule has 5 N–H and O–H groups in total. The number of carbonyl (C=O) groups is 3. The fourth-order valence-electron chi connectivity index (χ4n) is 2.36. The number of amides is 2. The Balaban J connectivity index is 2.96. The molecule has 0 bridgehead atoms. The van der Waals surface area contributed by atoms with Gasteiger partial charge in [0.05, 0.1) is 6.04 Å². The molecule has 1 aromatic carbocycles. The monoisotopic (exact) mass is 381 g/mol. The fourth-order valence-corrected chi connectivity index (χ4v) is 2.52. The third-order valence-electron chi connectivity index (χ3n) is 4.23. The molecule has 0 unspecified atom stereocenters. The van der Waals surface area contributed by atoms with Crippen LogP contribution in [0.15, 0.2) is 30.3 Å². The Hall–Kier alpha value is -2.06. The van der Waals surface area contributed by atoms with Crippen LogP contribution in [-0.2, 0) is 20.8 Å². The van der Waals surface area contributed by atoms with Gasteiger partial charge in [0, 0.05) is 12.2 Å². The zero-order chi connectivity index (χ0) is 19.7. The van der Waals surface area contributed by atoms with Crippen LogP contribution in [0.4, 0.5) is 0 Å². The van der Waals surface area contributed by atoms with Crippen LogP contribution in [0.3, 0.4) is 0 Å². The van der Waals surface area contributed by atoms with Gasteiger partial charge in [0.2, 0.25) is 11.8 Å². The highest BCUT2D eigenvalue weighted by atomic mass is 32.1. The molecule has 0 aliphatic carbocycles. The molecule has 1 aromatic rings. The molecule has 2 amide bonds. The van der Waals surface area contributed by atoms with Crippen molar-refractivity contribution < 1.29 is 19.5 Å². The molecule has 0 saturated heterocycles. The maximum atomic E-state index is 12.7. The number of rotatable bonds is 10. The molecule has 0 aromatic heterocycles. The van der Waals surface area contributed by atoms with Gasteiger partial charge in [-0.3, -0.25) is 9.59 Å². The van der Waals surface area contributed by atoms with E-state index >= 15 is 0 Å². The third-order valence-corrected chi connectivity index (χ3v) is 4.62. The van der Waals surface area contributed by atoms with Crippen molar-refractivity contribution in [1.29, 1.82) is 0 Å². The molecule has 144 valence electrons. The summed E-state index contributed by atoms with van der Waals surface area (Å²) in [4.78, 5) is 36.2. The van der Waals surface area contributed by atoms with Crippen LogP contribution in [0.2, 0.25) is 0 Å². The lowest BCUT2D eigenvalue weighted by Crippen LogP contribution is -2.56. The Morgan fingerprint density at radius 1 is 1.15 bits per heavy atom. The van der Waals surface area contributed by atoms with Gasteiger partial charge in [0.25, 0.3) is 0 Å². The van der Waals surface area contributed by atoms with Gasteiger partial charge in [-0.05, 0) is 11.5 Å². The van der Waals surface area contributed by atoms with E-state index in [1.807, 2.05) is 37.3 Å². The lowest BCUT2D eigenvalue weighted by atomic mass is 9.98. The molecule has 0 fully saturated rings. The number of carboxylic acids is 1. The highest BCUT2D eigenvalue weighted by Gasteiger charge is 2.30. The number of hydrogen-bond donors (Lipinski definition) is 5. The molecule has 0 spiro atoms. The second kappa shape index (κ2) is 10.8. The highest BCUT2D eigenvalue weighted by Crippen LogP contribution is 2.10. The van der Waals surface area contributed by atoms with E-state index in [1.54, 1.807) is 6.92 Å². The first kappa shape index (κ1) is 22.0. The van der Waals surface area contributed by atoms with Crippen molar-refractivity contribution in [1.82, 2.24) is 10.6 Å². The Kier molecular flexibility index (Phi) is 9.15. The molecular weight excluding hydrogens is 354 g/mol. The number of nitrogens with one attached hydrogen (secondary N) is 2. The van der Waals surface area contributed by atoms with Crippen molar-refractivity contribution in [3.05, 3.63) is 35.9 Å². The van der Waals surface area contributed by atoms with E-state index < -0.39 is 35.9 Å². The summed E-state index contributed by atoms with van der Waals surface area (Å²) in [5, 5.41) is 14.5. The maximum absolute atomic E-state index is 12.7. The Morgan fingerprint density at radius 3 is 2.27 bits per heavy atom. The van der Waals surface area contributed by atoms with Crippen molar-refractivity contribution >= 4 is 30.4 Å². The summed E-state index contributed by atoms with van der Waals surface area (Å²) in [6.45, 7) is 3.60. The van der Waals surface area contributed by atoms with Gasteiger partial charge in [-0.25, -0.2) is 4.79 Å². The van der Waals surface area contributed by atoms with Crippen molar-refractivity contribution in [3.63, 3.8) is 0 Å². The quantitative estimate of drug-likeness (QED) is 0.380. The van der Waals surface area contributed by atoms with Crippen LogP contribution in [0.1, 0.15) is 25.8 Å². The Bertz CT molecular complexity index is 612. The number of carboxylic acid groups (broad SMARTS) is 1.